The Morgan fingerprint density at radius 3 is 2.62 bits per heavy atom. The molecule has 29 heavy (non-hydrogen) atoms. The summed E-state index contributed by atoms with van der Waals surface area (Å²) in [7, 11) is 3.98. The van der Waals surface area contributed by atoms with Gasteiger partial charge >= 0.3 is 0 Å². The zero-order valence-electron chi connectivity index (χ0n) is 17.3. The molecule has 0 spiro atoms. The number of amides is 1. The summed E-state index contributed by atoms with van der Waals surface area (Å²) < 4.78 is 1.59. The van der Waals surface area contributed by atoms with E-state index in [0.29, 0.717) is 24.8 Å². The molecule has 0 saturated heterocycles. The number of hydrogen-bond acceptors (Lipinski definition) is 4. The summed E-state index contributed by atoms with van der Waals surface area (Å²) in [6.45, 7) is 3.14. The Balaban J connectivity index is 1.61. The van der Waals surface area contributed by atoms with Gasteiger partial charge in [-0.25, -0.2) is 4.98 Å². The first-order valence-electron chi connectivity index (χ1n) is 9.89. The van der Waals surface area contributed by atoms with E-state index >= 15 is 0 Å². The molecular formula is C23H28N4O2. The highest BCUT2D eigenvalue weighted by Crippen LogP contribution is 2.14. The number of benzene rings is 2. The lowest BCUT2D eigenvalue weighted by Crippen LogP contribution is -2.35. The number of aryl methyl sites for hydroxylation is 2. The average Bonchev–Trinajstić information content (AvgIpc) is 2.70. The maximum atomic E-state index is 12.7. The quantitative estimate of drug-likeness (QED) is 0.640. The van der Waals surface area contributed by atoms with Crippen LogP contribution in [0, 0.1) is 6.92 Å². The minimum absolute atomic E-state index is 0.0154. The van der Waals surface area contributed by atoms with Gasteiger partial charge in [0.25, 0.3) is 5.56 Å². The minimum Gasteiger partial charge on any atom is -0.348 e. The number of fused-ring (bicyclic) bond motifs is 1. The van der Waals surface area contributed by atoms with Gasteiger partial charge in [-0.3, -0.25) is 14.2 Å². The van der Waals surface area contributed by atoms with Crippen molar-refractivity contribution in [3.05, 3.63) is 76.3 Å². The molecule has 6 nitrogen and oxygen atoms in total. The van der Waals surface area contributed by atoms with Gasteiger partial charge in [0.2, 0.25) is 5.91 Å². The Labute approximate surface area is 171 Å². The lowest BCUT2D eigenvalue weighted by Gasteiger charge is -2.23. The number of aromatic nitrogens is 2. The lowest BCUT2D eigenvalue weighted by molar-refractivity contribution is -0.122. The van der Waals surface area contributed by atoms with Crippen molar-refractivity contribution < 1.29 is 4.79 Å². The zero-order valence-corrected chi connectivity index (χ0v) is 17.3. The molecule has 0 aliphatic rings. The minimum atomic E-state index is -0.0632. The van der Waals surface area contributed by atoms with Crippen LogP contribution in [-0.4, -0.2) is 41.0 Å². The first-order valence-corrected chi connectivity index (χ1v) is 9.89. The molecule has 6 heteroatoms. The van der Waals surface area contributed by atoms with Gasteiger partial charge in [-0.05, 0) is 44.6 Å². The van der Waals surface area contributed by atoms with Crippen molar-refractivity contribution >= 4 is 16.8 Å². The highest BCUT2D eigenvalue weighted by Gasteiger charge is 2.15. The van der Waals surface area contributed by atoms with Crippen LogP contribution in [0.2, 0.25) is 0 Å². The summed E-state index contributed by atoms with van der Waals surface area (Å²) in [5, 5.41) is 3.74. The van der Waals surface area contributed by atoms with Crippen LogP contribution in [0.5, 0.6) is 0 Å². The van der Waals surface area contributed by atoms with Crippen LogP contribution in [0.25, 0.3) is 10.9 Å². The number of carbonyl (C=O) groups excluding carboxylic acids is 1. The Kier molecular flexibility index (Phi) is 6.77. The summed E-state index contributed by atoms with van der Waals surface area (Å²) in [4.78, 5) is 31.6. The monoisotopic (exact) mass is 392 g/mol. The number of rotatable bonds is 8. The van der Waals surface area contributed by atoms with E-state index in [0.717, 1.165) is 23.2 Å². The maximum absolute atomic E-state index is 12.7. The lowest BCUT2D eigenvalue weighted by atomic mass is 10.1. The summed E-state index contributed by atoms with van der Waals surface area (Å²) >= 11 is 0. The fourth-order valence-electron chi connectivity index (χ4n) is 3.46. The fourth-order valence-corrected chi connectivity index (χ4v) is 3.46. The Hall–Kier alpha value is -2.99. The van der Waals surface area contributed by atoms with Gasteiger partial charge in [0.05, 0.1) is 23.3 Å². The van der Waals surface area contributed by atoms with Crippen LogP contribution >= 0.6 is 0 Å². The van der Waals surface area contributed by atoms with Crippen molar-refractivity contribution in [1.29, 1.82) is 0 Å². The van der Waals surface area contributed by atoms with E-state index in [9.17, 15) is 9.59 Å². The summed E-state index contributed by atoms with van der Waals surface area (Å²) in [5.74, 6) is -0.0154. The van der Waals surface area contributed by atoms with E-state index in [-0.39, 0.29) is 17.5 Å². The van der Waals surface area contributed by atoms with Crippen molar-refractivity contribution in [2.45, 2.75) is 32.4 Å². The molecular weight excluding hydrogens is 364 g/mol. The second kappa shape index (κ2) is 9.47. The molecule has 0 aliphatic heterocycles. The molecule has 3 aromatic rings. The predicted octanol–water partition coefficient (Wildman–Crippen LogP) is 2.90. The SMILES string of the molecule is Cc1cccc2c(=O)n(CCCC(=O)NC(CN(C)C)c3ccccc3)cnc12. The Bertz CT molecular complexity index is 1030. The van der Waals surface area contributed by atoms with E-state index < -0.39 is 0 Å². The molecule has 1 aromatic heterocycles. The number of nitrogens with zero attached hydrogens (tertiary/aromatic N) is 3. The average molecular weight is 393 g/mol. The molecule has 2 aromatic carbocycles. The third-order valence-corrected chi connectivity index (χ3v) is 4.94. The van der Waals surface area contributed by atoms with E-state index in [1.807, 2.05) is 63.5 Å². The smallest absolute Gasteiger partial charge is 0.261 e. The van der Waals surface area contributed by atoms with Crippen LogP contribution in [-0.2, 0) is 11.3 Å². The summed E-state index contributed by atoms with van der Waals surface area (Å²) in [6.07, 6.45) is 2.51. The highest BCUT2D eigenvalue weighted by atomic mass is 16.1. The van der Waals surface area contributed by atoms with Crippen molar-refractivity contribution in [2.75, 3.05) is 20.6 Å². The predicted molar refractivity (Wildman–Crippen MR) is 116 cm³/mol. The second-order valence-electron chi connectivity index (χ2n) is 7.61. The number of nitrogens with one attached hydrogen (secondary N) is 1. The topological polar surface area (TPSA) is 67.2 Å². The summed E-state index contributed by atoms with van der Waals surface area (Å²) in [6, 6.07) is 15.5. The fraction of sp³-hybridized carbons (Fsp3) is 0.348. The number of likely N-dealkylation sites (N-methyl/N-ethyl adjacent to an activating group) is 1. The van der Waals surface area contributed by atoms with E-state index in [1.54, 1.807) is 17.0 Å². The summed E-state index contributed by atoms with van der Waals surface area (Å²) in [5.41, 5.74) is 2.74. The van der Waals surface area contributed by atoms with Gasteiger partial charge in [0.1, 0.15) is 0 Å². The molecule has 1 N–H and O–H groups in total. The van der Waals surface area contributed by atoms with Gasteiger partial charge < -0.3 is 10.2 Å². The molecule has 0 saturated carbocycles. The van der Waals surface area contributed by atoms with Crippen molar-refractivity contribution in [3.8, 4) is 0 Å². The zero-order chi connectivity index (χ0) is 20.8. The third-order valence-electron chi connectivity index (χ3n) is 4.94. The van der Waals surface area contributed by atoms with E-state index in [2.05, 4.69) is 15.2 Å². The standard InChI is InChI=1S/C23H28N4O2/c1-17-9-7-12-19-22(17)24-16-27(23(19)29)14-8-13-21(28)25-20(15-26(2)3)18-10-5-4-6-11-18/h4-7,9-12,16,20H,8,13-15H2,1-3H3,(H,25,28). The van der Waals surface area contributed by atoms with E-state index in [4.69, 9.17) is 0 Å². The molecule has 152 valence electrons. The second-order valence-corrected chi connectivity index (χ2v) is 7.61. The molecule has 1 atom stereocenters. The van der Waals surface area contributed by atoms with Crippen LogP contribution in [0.3, 0.4) is 0 Å². The van der Waals surface area contributed by atoms with E-state index in [1.165, 1.54) is 0 Å². The molecule has 1 unspecified atom stereocenters. The molecule has 0 radical (unpaired) electrons. The van der Waals surface area contributed by atoms with Gasteiger partial charge in [0.15, 0.2) is 0 Å². The van der Waals surface area contributed by atoms with Crippen molar-refractivity contribution in [3.63, 3.8) is 0 Å². The largest absolute Gasteiger partial charge is 0.348 e. The first-order chi connectivity index (χ1) is 14.0. The molecule has 0 bridgehead atoms. The van der Waals surface area contributed by atoms with Crippen LogP contribution in [0.1, 0.15) is 30.0 Å². The number of para-hydroxylation sites is 1. The normalized spacial score (nSPS) is 12.3. The maximum Gasteiger partial charge on any atom is 0.261 e. The molecule has 0 fully saturated rings. The van der Waals surface area contributed by atoms with Crippen LogP contribution in [0.15, 0.2) is 59.7 Å². The van der Waals surface area contributed by atoms with Crippen molar-refractivity contribution in [2.24, 2.45) is 0 Å². The van der Waals surface area contributed by atoms with Gasteiger partial charge in [-0.1, -0.05) is 42.5 Å². The molecule has 3 rings (SSSR count). The first kappa shape index (κ1) is 20.7. The molecule has 1 amide bonds. The Morgan fingerprint density at radius 2 is 1.90 bits per heavy atom. The molecule has 1 heterocycles. The van der Waals surface area contributed by atoms with Crippen LogP contribution < -0.4 is 10.9 Å². The molecule has 0 aliphatic carbocycles. The number of carbonyl (C=O) groups is 1. The van der Waals surface area contributed by atoms with Gasteiger partial charge in [0, 0.05) is 19.5 Å². The highest BCUT2D eigenvalue weighted by molar-refractivity contribution is 5.80. The Morgan fingerprint density at radius 1 is 1.14 bits per heavy atom. The van der Waals surface area contributed by atoms with Gasteiger partial charge in [-0.15, -0.1) is 0 Å². The third kappa shape index (κ3) is 5.29. The van der Waals surface area contributed by atoms with Crippen LogP contribution in [0.4, 0.5) is 0 Å². The number of hydrogen-bond donors (Lipinski definition) is 1. The van der Waals surface area contributed by atoms with Crippen molar-refractivity contribution in [1.82, 2.24) is 19.8 Å². The van der Waals surface area contributed by atoms with Gasteiger partial charge in [-0.2, -0.15) is 0 Å².